The summed E-state index contributed by atoms with van der Waals surface area (Å²) in [4.78, 5) is 36.4. The minimum Gasteiger partial charge on any atom is -0.348 e. The van der Waals surface area contributed by atoms with E-state index in [0.29, 0.717) is 32.4 Å². The molecule has 2 aliphatic rings. The van der Waals surface area contributed by atoms with Gasteiger partial charge >= 0.3 is 11.8 Å². The van der Waals surface area contributed by atoms with Crippen LogP contribution in [0.1, 0.15) is 25.7 Å². The van der Waals surface area contributed by atoms with Crippen LogP contribution in [0.25, 0.3) is 0 Å². The van der Waals surface area contributed by atoms with Crippen molar-refractivity contribution in [3.63, 3.8) is 0 Å². The van der Waals surface area contributed by atoms with Crippen molar-refractivity contribution in [3.8, 4) is 0 Å². The van der Waals surface area contributed by atoms with Crippen LogP contribution in [0.15, 0.2) is 0 Å². The van der Waals surface area contributed by atoms with Crippen molar-refractivity contribution in [3.05, 3.63) is 0 Å². The molecule has 0 saturated carbocycles. The molecule has 0 aromatic heterocycles. The first-order valence-electron chi connectivity index (χ1n) is 7.44. The van der Waals surface area contributed by atoms with Crippen molar-refractivity contribution in [2.75, 3.05) is 31.1 Å². The van der Waals surface area contributed by atoms with Crippen molar-refractivity contribution < 1.29 is 22.8 Å². The number of carbonyl (C=O) groups is 3. The summed E-state index contributed by atoms with van der Waals surface area (Å²) in [5.41, 5.74) is 0. The first-order valence-corrected chi connectivity index (χ1v) is 9.26. The van der Waals surface area contributed by atoms with Gasteiger partial charge in [-0.3, -0.25) is 14.4 Å². The van der Waals surface area contributed by atoms with Crippen LogP contribution in [0.5, 0.6) is 0 Å². The average Bonchev–Trinajstić information content (AvgIpc) is 3.00. The van der Waals surface area contributed by atoms with E-state index in [1.54, 1.807) is 4.90 Å². The zero-order valence-electron chi connectivity index (χ0n) is 12.3. The van der Waals surface area contributed by atoms with Crippen LogP contribution in [0.3, 0.4) is 0 Å². The van der Waals surface area contributed by atoms with Gasteiger partial charge in [-0.2, -0.15) is 0 Å². The third-order valence-electron chi connectivity index (χ3n) is 3.84. The van der Waals surface area contributed by atoms with Crippen molar-refractivity contribution in [2.24, 2.45) is 0 Å². The lowest BCUT2D eigenvalue weighted by Gasteiger charge is -2.15. The van der Waals surface area contributed by atoms with Crippen molar-refractivity contribution in [1.29, 1.82) is 0 Å². The van der Waals surface area contributed by atoms with Crippen LogP contribution in [-0.2, 0) is 24.2 Å². The predicted octanol–water partition coefficient (Wildman–Crippen LogP) is -1.58. The standard InChI is InChI=1S/C13H21N3O5S/c17-11-3-1-6-16(11)7-2-5-14-12(18)13(19)15-10-4-8-22(20,21)9-10/h10H,1-9H2,(H,14,18)(H,15,19). The van der Waals surface area contributed by atoms with E-state index in [1.165, 1.54) is 0 Å². The minimum atomic E-state index is -3.09. The lowest BCUT2D eigenvalue weighted by molar-refractivity contribution is -0.139. The van der Waals surface area contributed by atoms with E-state index in [4.69, 9.17) is 0 Å². The molecule has 22 heavy (non-hydrogen) atoms. The number of carbonyl (C=O) groups excluding carboxylic acids is 3. The van der Waals surface area contributed by atoms with Crippen LogP contribution < -0.4 is 10.6 Å². The molecule has 2 N–H and O–H groups in total. The van der Waals surface area contributed by atoms with Gasteiger partial charge in [-0.05, 0) is 19.3 Å². The molecule has 124 valence electrons. The van der Waals surface area contributed by atoms with Gasteiger partial charge in [-0.15, -0.1) is 0 Å². The molecule has 0 bridgehead atoms. The van der Waals surface area contributed by atoms with Gasteiger partial charge in [-0.1, -0.05) is 0 Å². The van der Waals surface area contributed by atoms with E-state index in [0.717, 1.165) is 13.0 Å². The number of likely N-dealkylation sites (tertiary alicyclic amines) is 1. The smallest absolute Gasteiger partial charge is 0.309 e. The summed E-state index contributed by atoms with van der Waals surface area (Å²) < 4.78 is 22.5. The highest BCUT2D eigenvalue weighted by Crippen LogP contribution is 2.11. The molecule has 2 aliphatic heterocycles. The number of hydrogen-bond donors (Lipinski definition) is 2. The number of rotatable bonds is 5. The molecule has 0 aliphatic carbocycles. The Labute approximate surface area is 129 Å². The number of nitrogens with zero attached hydrogens (tertiary/aromatic N) is 1. The van der Waals surface area contributed by atoms with E-state index in [9.17, 15) is 22.8 Å². The highest BCUT2D eigenvalue weighted by molar-refractivity contribution is 7.91. The third kappa shape index (κ3) is 4.69. The van der Waals surface area contributed by atoms with E-state index in [-0.39, 0.29) is 17.4 Å². The monoisotopic (exact) mass is 331 g/mol. The van der Waals surface area contributed by atoms with Gasteiger partial charge in [-0.25, -0.2) is 8.42 Å². The number of nitrogens with one attached hydrogen (secondary N) is 2. The summed E-state index contributed by atoms with van der Waals surface area (Å²) >= 11 is 0. The molecule has 1 atom stereocenters. The average molecular weight is 331 g/mol. The molecule has 1 unspecified atom stereocenters. The van der Waals surface area contributed by atoms with E-state index < -0.39 is 27.7 Å². The molecule has 0 aromatic carbocycles. The first kappa shape index (κ1) is 16.7. The molecule has 2 heterocycles. The molecule has 3 amide bonds. The molecule has 2 rings (SSSR count). The predicted molar refractivity (Wildman–Crippen MR) is 78.6 cm³/mol. The zero-order chi connectivity index (χ0) is 16.2. The summed E-state index contributed by atoms with van der Waals surface area (Å²) in [6.07, 6.45) is 2.39. The molecular formula is C13H21N3O5S. The fraction of sp³-hybridized carbons (Fsp3) is 0.769. The largest absolute Gasteiger partial charge is 0.348 e. The second-order valence-electron chi connectivity index (χ2n) is 5.67. The zero-order valence-corrected chi connectivity index (χ0v) is 13.2. The second-order valence-corrected chi connectivity index (χ2v) is 7.90. The summed E-state index contributed by atoms with van der Waals surface area (Å²) in [7, 11) is -3.09. The highest BCUT2D eigenvalue weighted by atomic mass is 32.2. The van der Waals surface area contributed by atoms with Crippen molar-refractivity contribution in [2.45, 2.75) is 31.7 Å². The fourth-order valence-electron chi connectivity index (χ4n) is 2.65. The Morgan fingerprint density at radius 3 is 2.64 bits per heavy atom. The van der Waals surface area contributed by atoms with Gasteiger partial charge in [0.1, 0.15) is 0 Å². The Kier molecular flexibility index (Phi) is 5.38. The fourth-order valence-corrected chi connectivity index (χ4v) is 4.33. The lowest BCUT2D eigenvalue weighted by Crippen LogP contribution is -2.45. The topological polar surface area (TPSA) is 113 Å². The number of amides is 3. The van der Waals surface area contributed by atoms with Gasteiger partial charge in [0.2, 0.25) is 5.91 Å². The minimum absolute atomic E-state index is 0.0451. The Hall–Kier alpha value is -1.64. The number of sulfone groups is 1. The van der Waals surface area contributed by atoms with Gasteiger partial charge < -0.3 is 15.5 Å². The molecule has 2 fully saturated rings. The molecule has 2 saturated heterocycles. The maximum atomic E-state index is 11.6. The quantitative estimate of drug-likeness (QED) is 0.466. The van der Waals surface area contributed by atoms with Crippen LogP contribution in [0, 0.1) is 0 Å². The Morgan fingerprint density at radius 1 is 1.27 bits per heavy atom. The van der Waals surface area contributed by atoms with Gasteiger partial charge in [0.15, 0.2) is 9.84 Å². The van der Waals surface area contributed by atoms with Gasteiger partial charge in [0, 0.05) is 32.1 Å². The third-order valence-corrected chi connectivity index (χ3v) is 5.60. The van der Waals surface area contributed by atoms with Crippen molar-refractivity contribution in [1.82, 2.24) is 15.5 Å². The maximum absolute atomic E-state index is 11.6. The first-order chi connectivity index (χ1) is 10.4. The molecule has 8 nitrogen and oxygen atoms in total. The molecule has 0 spiro atoms. The summed E-state index contributed by atoms with van der Waals surface area (Å²) in [6, 6.07) is -0.481. The number of hydrogen-bond acceptors (Lipinski definition) is 5. The molecule has 0 aromatic rings. The summed E-state index contributed by atoms with van der Waals surface area (Å²) in [5, 5.41) is 4.91. The van der Waals surface area contributed by atoms with Crippen LogP contribution in [0.4, 0.5) is 0 Å². The van der Waals surface area contributed by atoms with Crippen LogP contribution >= 0.6 is 0 Å². The highest BCUT2D eigenvalue weighted by Gasteiger charge is 2.30. The van der Waals surface area contributed by atoms with Crippen molar-refractivity contribution >= 4 is 27.6 Å². The van der Waals surface area contributed by atoms with Gasteiger partial charge in [0.05, 0.1) is 11.5 Å². The van der Waals surface area contributed by atoms with E-state index in [2.05, 4.69) is 10.6 Å². The molecule has 9 heteroatoms. The second kappa shape index (κ2) is 7.08. The van der Waals surface area contributed by atoms with Crippen LogP contribution in [-0.4, -0.2) is 68.2 Å². The van der Waals surface area contributed by atoms with Gasteiger partial charge in [0.25, 0.3) is 0 Å². The Bertz CT molecular complexity index is 560. The van der Waals surface area contributed by atoms with E-state index in [1.807, 2.05) is 0 Å². The normalized spacial score (nSPS) is 23.5. The SMILES string of the molecule is O=C(NCCCN1CCCC1=O)C(=O)NC1CCS(=O)(=O)C1. The van der Waals surface area contributed by atoms with E-state index >= 15 is 0 Å². The Morgan fingerprint density at radius 2 is 2.05 bits per heavy atom. The van der Waals surface area contributed by atoms with Crippen LogP contribution in [0.2, 0.25) is 0 Å². The lowest BCUT2D eigenvalue weighted by atomic mass is 10.2. The summed E-state index contributed by atoms with van der Waals surface area (Å²) in [5.74, 6) is -1.50. The summed E-state index contributed by atoms with van der Waals surface area (Å²) in [6.45, 7) is 1.63. The Balaban J connectivity index is 1.62. The maximum Gasteiger partial charge on any atom is 0.309 e. The molecule has 0 radical (unpaired) electrons. The molecular weight excluding hydrogens is 310 g/mol.